The Kier molecular flexibility index (Phi) is 4.54. The SMILES string of the molecule is CCC(O)Cn1nnc(C(=O)O)c1-c1cccc(OC)c1. The average Bonchev–Trinajstić information content (AvgIpc) is 2.91. The second kappa shape index (κ2) is 6.36. The summed E-state index contributed by atoms with van der Waals surface area (Å²) in [4.78, 5) is 11.3. The van der Waals surface area contributed by atoms with Gasteiger partial charge in [-0.1, -0.05) is 24.3 Å². The summed E-state index contributed by atoms with van der Waals surface area (Å²) in [6, 6.07) is 6.98. The molecule has 2 N–H and O–H groups in total. The first-order chi connectivity index (χ1) is 10.1. The second-order valence-corrected chi connectivity index (χ2v) is 4.57. The van der Waals surface area contributed by atoms with E-state index in [1.54, 1.807) is 24.3 Å². The van der Waals surface area contributed by atoms with Crippen LogP contribution in [0.5, 0.6) is 5.75 Å². The van der Waals surface area contributed by atoms with Crippen molar-refractivity contribution in [2.24, 2.45) is 0 Å². The van der Waals surface area contributed by atoms with Crippen molar-refractivity contribution in [2.45, 2.75) is 26.0 Å². The topological polar surface area (TPSA) is 97.5 Å². The number of carbonyl (C=O) groups is 1. The molecule has 1 aromatic heterocycles. The first-order valence-electron chi connectivity index (χ1n) is 6.56. The average molecular weight is 291 g/mol. The van der Waals surface area contributed by atoms with Crippen molar-refractivity contribution in [3.8, 4) is 17.0 Å². The van der Waals surface area contributed by atoms with Gasteiger partial charge in [-0.05, 0) is 18.6 Å². The molecule has 0 radical (unpaired) electrons. The number of aliphatic hydroxyl groups excluding tert-OH is 1. The van der Waals surface area contributed by atoms with Gasteiger partial charge < -0.3 is 14.9 Å². The van der Waals surface area contributed by atoms with E-state index in [4.69, 9.17) is 4.74 Å². The number of ether oxygens (including phenoxy) is 1. The van der Waals surface area contributed by atoms with Crippen molar-refractivity contribution in [3.05, 3.63) is 30.0 Å². The zero-order valence-electron chi connectivity index (χ0n) is 11.9. The lowest BCUT2D eigenvalue weighted by Gasteiger charge is -2.11. The van der Waals surface area contributed by atoms with Gasteiger partial charge in [0.15, 0.2) is 5.69 Å². The highest BCUT2D eigenvalue weighted by Gasteiger charge is 2.22. The normalized spacial score (nSPS) is 12.1. The molecule has 0 bridgehead atoms. The number of aromatic nitrogens is 3. The summed E-state index contributed by atoms with van der Waals surface area (Å²) in [5, 5.41) is 26.6. The smallest absolute Gasteiger partial charge is 0.358 e. The fraction of sp³-hybridized carbons (Fsp3) is 0.357. The molecule has 0 saturated carbocycles. The lowest BCUT2D eigenvalue weighted by Crippen LogP contribution is -2.17. The molecule has 0 fully saturated rings. The minimum atomic E-state index is -1.16. The molecule has 21 heavy (non-hydrogen) atoms. The van der Waals surface area contributed by atoms with Crippen LogP contribution in [0.1, 0.15) is 23.8 Å². The van der Waals surface area contributed by atoms with Crippen LogP contribution in [-0.4, -0.2) is 44.4 Å². The van der Waals surface area contributed by atoms with Crippen LogP contribution in [0.2, 0.25) is 0 Å². The third-order valence-electron chi connectivity index (χ3n) is 3.14. The first-order valence-corrected chi connectivity index (χ1v) is 6.56. The van der Waals surface area contributed by atoms with Crippen molar-refractivity contribution < 1.29 is 19.7 Å². The van der Waals surface area contributed by atoms with E-state index in [2.05, 4.69) is 10.3 Å². The molecule has 0 aliphatic carbocycles. The van der Waals surface area contributed by atoms with Gasteiger partial charge in [-0.25, -0.2) is 9.48 Å². The zero-order valence-corrected chi connectivity index (χ0v) is 11.9. The zero-order chi connectivity index (χ0) is 15.4. The molecular formula is C14H17N3O4. The van der Waals surface area contributed by atoms with Gasteiger partial charge in [0.1, 0.15) is 11.4 Å². The van der Waals surface area contributed by atoms with E-state index in [1.807, 2.05) is 6.92 Å². The number of hydrogen-bond acceptors (Lipinski definition) is 5. The molecule has 0 saturated heterocycles. The summed E-state index contributed by atoms with van der Waals surface area (Å²) in [6.45, 7) is 2.02. The maximum atomic E-state index is 11.3. The number of carboxylic acid groups (broad SMARTS) is 1. The van der Waals surface area contributed by atoms with Crippen LogP contribution in [0.3, 0.4) is 0 Å². The monoisotopic (exact) mass is 291 g/mol. The van der Waals surface area contributed by atoms with Gasteiger partial charge in [-0.3, -0.25) is 0 Å². The quantitative estimate of drug-likeness (QED) is 0.835. The van der Waals surface area contributed by atoms with Crippen LogP contribution >= 0.6 is 0 Å². The molecule has 7 nitrogen and oxygen atoms in total. The number of methoxy groups -OCH3 is 1. The lowest BCUT2D eigenvalue weighted by molar-refractivity contribution is 0.0691. The molecule has 2 aromatic rings. The molecule has 0 amide bonds. The predicted octanol–water partition coefficient (Wildman–Crippen LogP) is 1.42. The number of aliphatic hydroxyl groups is 1. The third kappa shape index (κ3) is 3.19. The van der Waals surface area contributed by atoms with Gasteiger partial charge in [-0.2, -0.15) is 0 Å². The summed E-state index contributed by atoms with van der Waals surface area (Å²) in [6.07, 6.45) is -0.0718. The maximum absolute atomic E-state index is 11.3. The molecule has 7 heteroatoms. The number of aromatic carboxylic acids is 1. The molecule has 1 heterocycles. The molecule has 0 aliphatic heterocycles. The Morgan fingerprint density at radius 3 is 2.86 bits per heavy atom. The Balaban J connectivity index is 2.52. The highest BCUT2D eigenvalue weighted by atomic mass is 16.5. The third-order valence-corrected chi connectivity index (χ3v) is 3.14. The van der Waals surface area contributed by atoms with Gasteiger partial charge in [0.2, 0.25) is 0 Å². The molecular weight excluding hydrogens is 274 g/mol. The van der Waals surface area contributed by atoms with E-state index >= 15 is 0 Å². The summed E-state index contributed by atoms with van der Waals surface area (Å²) in [5.74, 6) is -0.558. The van der Waals surface area contributed by atoms with Gasteiger partial charge in [0, 0.05) is 5.56 Å². The minimum Gasteiger partial charge on any atom is -0.497 e. The fourth-order valence-electron chi connectivity index (χ4n) is 1.97. The Bertz CT molecular complexity index is 639. The summed E-state index contributed by atoms with van der Waals surface area (Å²) in [7, 11) is 1.54. The fourth-order valence-corrected chi connectivity index (χ4v) is 1.97. The molecule has 0 aliphatic rings. The number of hydrogen-bond donors (Lipinski definition) is 2. The van der Waals surface area contributed by atoms with Crippen LogP contribution < -0.4 is 4.74 Å². The number of carboxylic acids is 1. The van der Waals surface area contributed by atoms with E-state index in [1.165, 1.54) is 11.8 Å². The van der Waals surface area contributed by atoms with Crippen LogP contribution in [0.4, 0.5) is 0 Å². The van der Waals surface area contributed by atoms with E-state index in [0.717, 1.165) is 0 Å². The van der Waals surface area contributed by atoms with Gasteiger partial charge in [-0.15, -0.1) is 5.10 Å². The minimum absolute atomic E-state index is 0.147. The number of benzene rings is 1. The number of nitrogens with zero attached hydrogens (tertiary/aromatic N) is 3. The lowest BCUT2D eigenvalue weighted by atomic mass is 10.1. The van der Waals surface area contributed by atoms with Gasteiger partial charge in [0.25, 0.3) is 0 Å². The molecule has 0 spiro atoms. The highest BCUT2D eigenvalue weighted by Crippen LogP contribution is 2.26. The second-order valence-electron chi connectivity index (χ2n) is 4.57. The van der Waals surface area contributed by atoms with E-state index in [9.17, 15) is 15.0 Å². The molecule has 1 aromatic carbocycles. The van der Waals surface area contributed by atoms with Crippen LogP contribution in [0.15, 0.2) is 24.3 Å². The first kappa shape index (κ1) is 15.0. The Labute approximate surface area is 121 Å². The van der Waals surface area contributed by atoms with Gasteiger partial charge in [0.05, 0.1) is 19.8 Å². The van der Waals surface area contributed by atoms with Crippen molar-refractivity contribution in [1.29, 1.82) is 0 Å². The Morgan fingerprint density at radius 1 is 1.48 bits per heavy atom. The van der Waals surface area contributed by atoms with Crippen molar-refractivity contribution in [1.82, 2.24) is 15.0 Å². The summed E-state index contributed by atoms with van der Waals surface area (Å²) < 4.78 is 6.56. The Morgan fingerprint density at radius 2 is 2.24 bits per heavy atom. The van der Waals surface area contributed by atoms with E-state index < -0.39 is 12.1 Å². The summed E-state index contributed by atoms with van der Waals surface area (Å²) in [5.41, 5.74) is 0.834. The molecule has 2 rings (SSSR count). The van der Waals surface area contributed by atoms with Crippen LogP contribution in [0.25, 0.3) is 11.3 Å². The largest absolute Gasteiger partial charge is 0.497 e. The summed E-state index contributed by atoms with van der Waals surface area (Å²) >= 11 is 0. The van der Waals surface area contributed by atoms with Gasteiger partial charge >= 0.3 is 5.97 Å². The molecule has 112 valence electrons. The number of rotatable bonds is 6. The van der Waals surface area contributed by atoms with Crippen LogP contribution in [-0.2, 0) is 6.54 Å². The van der Waals surface area contributed by atoms with E-state index in [-0.39, 0.29) is 12.2 Å². The predicted molar refractivity (Wildman–Crippen MR) is 75.3 cm³/mol. The highest BCUT2D eigenvalue weighted by molar-refractivity contribution is 5.92. The van der Waals surface area contributed by atoms with Crippen molar-refractivity contribution in [2.75, 3.05) is 7.11 Å². The standard InChI is InChI=1S/C14H17N3O4/c1-3-10(18)8-17-13(12(14(19)20)15-16-17)9-5-4-6-11(7-9)21-2/h4-7,10,18H,3,8H2,1-2H3,(H,19,20). The molecule has 1 unspecified atom stereocenters. The Hall–Kier alpha value is -2.41. The van der Waals surface area contributed by atoms with Crippen molar-refractivity contribution in [3.63, 3.8) is 0 Å². The molecule has 1 atom stereocenters. The maximum Gasteiger partial charge on any atom is 0.358 e. The van der Waals surface area contributed by atoms with Crippen LogP contribution in [0, 0.1) is 0 Å². The van der Waals surface area contributed by atoms with E-state index in [0.29, 0.717) is 23.4 Å². The van der Waals surface area contributed by atoms with Crippen molar-refractivity contribution >= 4 is 5.97 Å².